The lowest BCUT2D eigenvalue weighted by molar-refractivity contribution is -0.155. The molecule has 3 heteroatoms. The molecule has 0 aromatic heterocycles. The van der Waals surface area contributed by atoms with E-state index in [-0.39, 0.29) is 23.2 Å². The summed E-state index contributed by atoms with van der Waals surface area (Å²) in [5.74, 6) is 6.95. The number of rotatable bonds is 5. The van der Waals surface area contributed by atoms with Crippen LogP contribution in [0.25, 0.3) is 0 Å². The van der Waals surface area contributed by atoms with Gasteiger partial charge in [0.25, 0.3) is 0 Å². The highest BCUT2D eigenvalue weighted by atomic mass is 16.5. The van der Waals surface area contributed by atoms with Crippen LogP contribution in [0.5, 0.6) is 5.75 Å². The van der Waals surface area contributed by atoms with Crippen molar-refractivity contribution < 1.29 is 14.3 Å². The van der Waals surface area contributed by atoms with Gasteiger partial charge >= 0.3 is 5.97 Å². The summed E-state index contributed by atoms with van der Waals surface area (Å²) in [4.78, 5) is 12.8. The minimum atomic E-state index is -0.348. The Hall–Kier alpha value is -3.51. The van der Waals surface area contributed by atoms with Crippen LogP contribution in [0.4, 0.5) is 0 Å². The second-order valence-electron chi connectivity index (χ2n) is 7.74. The molecule has 0 bridgehead atoms. The fourth-order valence-electron chi connectivity index (χ4n) is 4.54. The number of hydrogen-bond donors (Lipinski definition) is 0. The lowest BCUT2D eigenvalue weighted by Gasteiger charge is -2.52. The standard InChI is InChI=1S/C28H26O3/c1-3-31-27(29)25-20-28(22-10-6-4-7-11-22,23-12-8-5-9-13-23)26(25)19-16-21-14-17-24(30-2)18-15-21/h4-15,17-18,25-26H,3,20H2,1-2H3. The first-order valence-electron chi connectivity index (χ1n) is 10.6. The summed E-state index contributed by atoms with van der Waals surface area (Å²) in [5, 5.41) is 0. The Morgan fingerprint density at radius 2 is 1.52 bits per heavy atom. The molecule has 2 unspecified atom stereocenters. The first kappa shape index (κ1) is 20.8. The average molecular weight is 411 g/mol. The Morgan fingerprint density at radius 3 is 2.03 bits per heavy atom. The fourth-order valence-corrected chi connectivity index (χ4v) is 4.54. The van der Waals surface area contributed by atoms with E-state index in [0.29, 0.717) is 13.0 Å². The van der Waals surface area contributed by atoms with Crippen LogP contribution in [0.3, 0.4) is 0 Å². The molecule has 0 N–H and O–H groups in total. The number of methoxy groups -OCH3 is 1. The van der Waals surface area contributed by atoms with Crippen LogP contribution in [0.15, 0.2) is 84.9 Å². The summed E-state index contributed by atoms with van der Waals surface area (Å²) >= 11 is 0. The summed E-state index contributed by atoms with van der Waals surface area (Å²) in [5.41, 5.74) is 2.90. The third-order valence-electron chi connectivity index (χ3n) is 6.10. The van der Waals surface area contributed by atoms with Gasteiger partial charge in [-0.2, -0.15) is 0 Å². The fraction of sp³-hybridized carbons (Fsp3) is 0.250. The van der Waals surface area contributed by atoms with Gasteiger partial charge in [-0.1, -0.05) is 72.5 Å². The maximum Gasteiger partial charge on any atom is 0.310 e. The van der Waals surface area contributed by atoms with E-state index in [2.05, 4.69) is 36.1 Å². The normalized spacial score (nSPS) is 18.8. The third kappa shape index (κ3) is 3.94. The van der Waals surface area contributed by atoms with Crippen LogP contribution >= 0.6 is 0 Å². The van der Waals surface area contributed by atoms with Crippen LogP contribution in [-0.4, -0.2) is 19.7 Å². The molecule has 0 amide bonds. The number of carbonyl (C=O) groups excluding carboxylic acids is 1. The Kier molecular flexibility index (Phi) is 6.09. The van der Waals surface area contributed by atoms with E-state index in [1.807, 2.05) is 67.6 Å². The van der Waals surface area contributed by atoms with Crippen molar-refractivity contribution in [1.82, 2.24) is 0 Å². The monoisotopic (exact) mass is 410 g/mol. The van der Waals surface area contributed by atoms with Gasteiger partial charge in [-0.3, -0.25) is 4.79 Å². The number of ether oxygens (including phenoxy) is 2. The van der Waals surface area contributed by atoms with Gasteiger partial charge in [-0.15, -0.1) is 0 Å². The predicted molar refractivity (Wildman–Crippen MR) is 122 cm³/mol. The molecule has 3 aromatic rings. The van der Waals surface area contributed by atoms with Crippen molar-refractivity contribution in [2.45, 2.75) is 18.8 Å². The topological polar surface area (TPSA) is 35.5 Å². The van der Waals surface area contributed by atoms with Gasteiger partial charge in [-0.25, -0.2) is 0 Å². The molecule has 31 heavy (non-hydrogen) atoms. The Balaban J connectivity index is 1.80. The molecule has 0 aliphatic heterocycles. The molecule has 1 aliphatic carbocycles. The second-order valence-corrected chi connectivity index (χ2v) is 7.74. The van der Waals surface area contributed by atoms with Gasteiger partial charge in [0.2, 0.25) is 0 Å². The van der Waals surface area contributed by atoms with E-state index in [0.717, 1.165) is 11.3 Å². The van der Waals surface area contributed by atoms with Crippen LogP contribution < -0.4 is 4.74 Å². The van der Waals surface area contributed by atoms with Crippen LogP contribution in [0.1, 0.15) is 30.0 Å². The maximum absolute atomic E-state index is 12.8. The molecular formula is C28H26O3. The predicted octanol–water partition coefficient (Wildman–Crippen LogP) is 5.23. The Bertz CT molecular complexity index is 1040. The minimum Gasteiger partial charge on any atom is -0.497 e. The molecule has 1 aliphatic rings. The summed E-state index contributed by atoms with van der Waals surface area (Å²) in [6.07, 6.45) is 0.682. The van der Waals surface area contributed by atoms with Crippen LogP contribution in [0.2, 0.25) is 0 Å². The smallest absolute Gasteiger partial charge is 0.310 e. The molecule has 1 saturated carbocycles. The molecule has 156 valence electrons. The van der Waals surface area contributed by atoms with Crippen molar-refractivity contribution in [2.24, 2.45) is 11.8 Å². The van der Waals surface area contributed by atoms with E-state index in [4.69, 9.17) is 9.47 Å². The third-order valence-corrected chi connectivity index (χ3v) is 6.10. The zero-order chi connectivity index (χ0) is 21.7. The number of benzene rings is 3. The quantitative estimate of drug-likeness (QED) is 0.427. The van der Waals surface area contributed by atoms with Crippen molar-refractivity contribution in [3.63, 3.8) is 0 Å². The molecule has 4 rings (SSSR count). The average Bonchev–Trinajstić information content (AvgIpc) is 2.81. The van der Waals surface area contributed by atoms with E-state index >= 15 is 0 Å². The number of esters is 1. The lowest BCUT2D eigenvalue weighted by atomic mass is 9.48. The minimum absolute atomic E-state index is 0.168. The molecular weight excluding hydrogens is 384 g/mol. The Labute approximate surface area is 184 Å². The van der Waals surface area contributed by atoms with E-state index < -0.39 is 0 Å². The van der Waals surface area contributed by atoms with Crippen molar-refractivity contribution in [3.05, 3.63) is 102 Å². The maximum atomic E-state index is 12.8. The largest absolute Gasteiger partial charge is 0.497 e. The van der Waals surface area contributed by atoms with Crippen molar-refractivity contribution >= 4 is 5.97 Å². The van der Waals surface area contributed by atoms with Gasteiger partial charge in [0.1, 0.15) is 5.75 Å². The van der Waals surface area contributed by atoms with E-state index in [9.17, 15) is 4.79 Å². The summed E-state index contributed by atoms with van der Waals surface area (Å²) in [6, 6.07) is 28.4. The molecule has 0 radical (unpaired) electrons. The van der Waals surface area contributed by atoms with Gasteiger partial charge in [0.05, 0.1) is 19.6 Å². The van der Waals surface area contributed by atoms with Crippen molar-refractivity contribution in [1.29, 1.82) is 0 Å². The molecule has 3 nitrogen and oxygen atoms in total. The number of carbonyl (C=O) groups is 1. The molecule has 0 heterocycles. The van der Waals surface area contributed by atoms with Crippen molar-refractivity contribution in [3.8, 4) is 17.6 Å². The summed E-state index contributed by atoms with van der Waals surface area (Å²) in [6.45, 7) is 2.22. The number of hydrogen-bond acceptors (Lipinski definition) is 3. The van der Waals surface area contributed by atoms with Gasteiger partial charge in [0, 0.05) is 16.9 Å². The van der Waals surface area contributed by atoms with Gasteiger partial charge < -0.3 is 9.47 Å². The lowest BCUT2D eigenvalue weighted by Crippen LogP contribution is -2.54. The molecule has 0 spiro atoms. The zero-order valence-corrected chi connectivity index (χ0v) is 17.9. The SMILES string of the molecule is CCOC(=O)C1CC(c2ccccc2)(c2ccccc2)C1C#Cc1ccc(OC)cc1. The van der Waals surface area contributed by atoms with Crippen LogP contribution in [0, 0.1) is 23.7 Å². The highest BCUT2D eigenvalue weighted by Crippen LogP contribution is 2.57. The Morgan fingerprint density at radius 1 is 0.935 bits per heavy atom. The molecule has 3 aromatic carbocycles. The zero-order valence-electron chi connectivity index (χ0n) is 17.9. The van der Waals surface area contributed by atoms with Gasteiger partial charge in [0.15, 0.2) is 0 Å². The molecule has 1 fully saturated rings. The first-order valence-corrected chi connectivity index (χ1v) is 10.6. The highest BCUT2D eigenvalue weighted by Gasteiger charge is 2.58. The summed E-state index contributed by atoms with van der Waals surface area (Å²) in [7, 11) is 1.65. The molecule has 2 atom stereocenters. The van der Waals surface area contributed by atoms with E-state index in [1.54, 1.807) is 7.11 Å². The highest BCUT2D eigenvalue weighted by molar-refractivity contribution is 5.77. The molecule has 0 saturated heterocycles. The summed E-state index contributed by atoms with van der Waals surface area (Å²) < 4.78 is 10.6. The van der Waals surface area contributed by atoms with E-state index in [1.165, 1.54) is 11.1 Å². The first-order chi connectivity index (χ1) is 15.2. The second kappa shape index (κ2) is 9.10. The van der Waals surface area contributed by atoms with Crippen molar-refractivity contribution in [2.75, 3.05) is 13.7 Å². The van der Waals surface area contributed by atoms with Crippen LogP contribution in [-0.2, 0) is 14.9 Å². The van der Waals surface area contributed by atoms with Gasteiger partial charge in [-0.05, 0) is 48.7 Å².